The van der Waals surface area contributed by atoms with E-state index >= 15 is 0 Å². The Morgan fingerprint density at radius 1 is 0.941 bits per heavy atom. The fourth-order valence-corrected chi connectivity index (χ4v) is 4.23. The second-order valence-electron chi connectivity index (χ2n) is 8.67. The number of nitrogens with one attached hydrogen (secondary N) is 1. The van der Waals surface area contributed by atoms with E-state index < -0.39 is 17.9 Å². The highest BCUT2D eigenvalue weighted by Gasteiger charge is 2.41. The van der Waals surface area contributed by atoms with Crippen molar-refractivity contribution in [2.75, 3.05) is 32.3 Å². The number of esters is 1. The SMILES string of the molecule is COc1ccc(C2C(C(=O)NCC(=O)OCC3CC3)CCC(=O)N2c2ccc(OC)cc2)cc1. The van der Waals surface area contributed by atoms with Crippen LogP contribution in [-0.2, 0) is 19.1 Å². The lowest BCUT2D eigenvalue weighted by atomic mass is 9.83. The summed E-state index contributed by atoms with van der Waals surface area (Å²) in [6.07, 6.45) is 2.77. The summed E-state index contributed by atoms with van der Waals surface area (Å²) in [5.74, 6) is 0.481. The third-order valence-electron chi connectivity index (χ3n) is 6.33. The first-order valence-corrected chi connectivity index (χ1v) is 11.5. The highest BCUT2D eigenvalue weighted by atomic mass is 16.5. The minimum absolute atomic E-state index is 0.0705. The molecule has 1 saturated carbocycles. The molecule has 4 rings (SSSR count). The van der Waals surface area contributed by atoms with Gasteiger partial charge >= 0.3 is 5.97 Å². The average molecular weight is 467 g/mol. The zero-order valence-electron chi connectivity index (χ0n) is 19.5. The minimum atomic E-state index is -0.539. The van der Waals surface area contributed by atoms with Crippen molar-refractivity contribution in [2.45, 2.75) is 31.7 Å². The molecule has 8 nitrogen and oxygen atoms in total. The molecule has 0 radical (unpaired) electrons. The minimum Gasteiger partial charge on any atom is -0.497 e. The van der Waals surface area contributed by atoms with E-state index in [4.69, 9.17) is 14.2 Å². The number of nitrogens with zero attached hydrogens (tertiary/aromatic N) is 1. The largest absolute Gasteiger partial charge is 0.497 e. The topological polar surface area (TPSA) is 94.2 Å². The Bertz CT molecular complexity index is 1020. The standard InChI is InChI=1S/C26H30N2O6/c1-32-20-9-5-18(6-10-20)25-22(26(31)27-15-24(30)34-16-17-3-4-17)13-14-23(29)28(25)19-7-11-21(33-2)12-8-19/h5-12,17,22,25H,3-4,13-16H2,1-2H3,(H,27,31). The normalized spacial score (nSPS) is 19.9. The van der Waals surface area contributed by atoms with Crippen molar-refractivity contribution >= 4 is 23.5 Å². The molecule has 34 heavy (non-hydrogen) atoms. The lowest BCUT2D eigenvalue weighted by molar-refractivity contribution is -0.145. The molecule has 8 heteroatoms. The Kier molecular flexibility index (Phi) is 7.35. The summed E-state index contributed by atoms with van der Waals surface area (Å²) in [6, 6.07) is 14.0. The van der Waals surface area contributed by atoms with Crippen molar-refractivity contribution in [1.82, 2.24) is 5.32 Å². The van der Waals surface area contributed by atoms with Crippen LogP contribution >= 0.6 is 0 Å². The summed E-state index contributed by atoms with van der Waals surface area (Å²) >= 11 is 0. The Morgan fingerprint density at radius 3 is 2.15 bits per heavy atom. The number of amides is 2. The van der Waals surface area contributed by atoms with Gasteiger partial charge in [-0.15, -0.1) is 0 Å². The van der Waals surface area contributed by atoms with Crippen molar-refractivity contribution in [1.29, 1.82) is 0 Å². The van der Waals surface area contributed by atoms with Crippen LogP contribution in [-0.4, -0.2) is 45.2 Å². The van der Waals surface area contributed by atoms with Gasteiger partial charge in [0.15, 0.2) is 0 Å². The van der Waals surface area contributed by atoms with Gasteiger partial charge < -0.3 is 24.4 Å². The number of benzene rings is 2. The molecule has 2 aromatic rings. The summed E-state index contributed by atoms with van der Waals surface area (Å²) in [6.45, 7) is 0.222. The molecular weight excluding hydrogens is 436 g/mol. The van der Waals surface area contributed by atoms with Crippen LogP contribution < -0.4 is 19.7 Å². The van der Waals surface area contributed by atoms with Gasteiger partial charge in [0.05, 0.1) is 32.8 Å². The zero-order chi connectivity index (χ0) is 24.1. The number of carbonyl (C=O) groups excluding carboxylic acids is 3. The van der Waals surface area contributed by atoms with Gasteiger partial charge in [0.2, 0.25) is 11.8 Å². The maximum absolute atomic E-state index is 13.2. The Hall–Kier alpha value is -3.55. The van der Waals surface area contributed by atoms with Gasteiger partial charge in [0, 0.05) is 12.1 Å². The number of piperidine rings is 1. The van der Waals surface area contributed by atoms with Crippen molar-refractivity contribution in [3.8, 4) is 11.5 Å². The van der Waals surface area contributed by atoms with Crippen molar-refractivity contribution in [3.63, 3.8) is 0 Å². The molecule has 1 N–H and O–H groups in total. The highest BCUT2D eigenvalue weighted by molar-refractivity contribution is 5.97. The summed E-state index contributed by atoms with van der Waals surface area (Å²) < 4.78 is 15.7. The first kappa shape index (κ1) is 23.6. The summed E-state index contributed by atoms with van der Waals surface area (Å²) in [5, 5.41) is 2.73. The molecule has 2 aromatic carbocycles. The van der Waals surface area contributed by atoms with Crippen LogP contribution in [0.3, 0.4) is 0 Å². The predicted molar refractivity (Wildman–Crippen MR) is 126 cm³/mol. The van der Waals surface area contributed by atoms with Crippen LogP contribution in [0.15, 0.2) is 48.5 Å². The Labute approximate surface area is 199 Å². The van der Waals surface area contributed by atoms with E-state index in [1.807, 2.05) is 36.4 Å². The van der Waals surface area contributed by atoms with Gasteiger partial charge in [-0.3, -0.25) is 14.4 Å². The maximum Gasteiger partial charge on any atom is 0.325 e. The molecule has 1 aliphatic heterocycles. The van der Waals surface area contributed by atoms with E-state index in [0.29, 0.717) is 36.1 Å². The predicted octanol–water partition coefficient (Wildman–Crippen LogP) is 3.26. The molecule has 0 bridgehead atoms. The first-order valence-electron chi connectivity index (χ1n) is 11.5. The Morgan fingerprint density at radius 2 is 1.56 bits per heavy atom. The van der Waals surface area contributed by atoms with Crippen LogP contribution in [0, 0.1) is 11.8 Å². The summed E-state index contributed by atoms with van der Waals surface area (Å²) in [7, 11) is 3.17. The van der Waals surface area contributed by atoms with Crippen molar-refractivity contribution < 1.29 is 28.6 Å². The second kappa shape index (κ2) is 10.6. The summed E-state index contributed by atoms with van der Waals surface area (Å²) in [4.78, 5) is 40.1. The molecule has 180 valence electrons. The molecule has 0 aromatic heterocycles. The molecular formula is C26H30N2O6. The zero-order valence-corrected chi connectivity index (χ0v) is 19.5. The van der Waals surface area contributed by atoms with E-state index in [0.717, 1.165) is 18.4 Å². The quantitative estimate of drug-likeness (QED) is 0.570. The second-order valence-corrected chi connectivity index (χ2v) is 8.67. The fourth-order valence-electron chi connectivity index (χ4n) is 4.23. The molecule has 2 atom stereocenters. The van der Waals surface area contributed by atoms with Gasteiger partial charge in [-0.05, 0) is 67.1 Å². The monoisotopic (exact) mass is 466 g/mol. The number of rotatable bonds is 9. The van der Waals surface area contributed by atoms with E-state index in [-0.39, 0.29) is 24.8 Å². The molecule has 1 aliphatic carbocycles. The Balaban J connectivity index is 1.58. The third kappa shape index (κ3) is 5.50. The van der Waals surface area contributed by atoms with Crippen LogP contribution in [0.2, 0.25) is 0 Å². The molecule has 1 saturated heterocycles. The smallest absolute Gasteiger partial charge is 0.325 e. The number of carbonyl (C=O) groups is 3. The average Bonchev–Trinajstić information content (AvgIpc) is 3.70. The number of hydrogen-bond donors (Lipinski definition) is 1. The van der Waals surface area contributed by atoms with E-state index in [1.54, 1.807) is 31.3 Å². The number of ether oxygens (including phenoxy) is 3. The number of methoxy groups -OCH3 is 2. The first-order chi connectivity index (χ1) is 16.5. The van der Waals surface area contributed by atoms with Crippen molar-refractivity contribution in [2.24, 2.45) is 11.8 Å². The van der Waals surface area contributed by atoms with Crippen LogP contribution in [0.25, 0.3) is 0 Å². The van der Waals surface area contributed by atoms with Gasteiger partial charge in [-0.2, -0.15) is 0 Å². The molecule has 2 amide bonds. The molecule has 2 unspecified atom stereocenters. The lowest BCUT2D eigenvalue weighted by Gasteiger charge is -2.41. The maximum atomic E-state index is 13.2. The van der Waals surface area contributed by atoms with Crippen LogP contribution in [0.4, 0.5) is 5.69 Å². The number of anilines is 1. The lowest BCUT2D eigenvalue weighted by Crippen LogP contribution is -2.49. The van der Waals surface area contributed by atoms with Crippen molar-refractivity contribution in [3.05, 3.63) is 54.1 Å². The van der Waals surface area contributed by atoms with Crippen LogP contribution in [0.1, 0.15) is 37.3 Å². The van der Waals surface area contributed by atoms with Crippen LogP contribution in [0.5, 0.6) is 11.5 Å². The van der Waals surface area contributed by atoms with E-state index in [9.17, 15) is 14.4 Å². The fraction of sp³-hybridized carbons (Fsp3) is 0.423. The van der Waals surface area contributed by atoms with Gasteiger partial charge in [0.25, 0.3) is 0 Å². The molecule has 2 aliphatic rings. The number of hydrogen-bond acceptors (Lipinski definition) is 6. The molecule has 1 heterocycles. The molecule has 0 spiro atoms. The summed E-state index contributed by atoms with van der Waals surface area (Å²) in [5.41, 5.74) is 1.48. The van der Waals surface area contributed by atoms with E-state index in [2.05, 4.69) is 5.32 Å². The molecule has 2 fully saturated rings. The van der Waals surface area contributed by atoms with Gasteiger partial charge in [-0.25, -0.2) is 0 Å². The van der Waals surface area contributed by atoms with E-state index in [1.165, 1.54) is 0 Å². The third-order valence-corrected chi connectivity index (χ3v) is 6.33. The van der Waals surface area contributed by atoms with Gasteiger partial charge in [0.1, 0.15) is 18.0 Å². The van der Waals surface area contributed by atoms with Gasteiger partial charge in [-0.1, -0.05) is 12.1 Å². The highest BCUT2D eigenvalue weighted by Crippen LogP contribution is 2.41.